The maximum absolute atomic E-state index is 6.17. The Kier molecular flexibility index (Phi) is 2.78. The molecule has 1 aliphatic heterocycles. The Labute approximate surface area is 98.1 Å². The fourth-order valence-electron chi connectivity index (χ4n) is 3.68. The summed E-state index contributed by atoms with van der Waals surface area (Å²) in [4.78, 5) is 7.13. The van der Waals surface area contributed by atoms with Gasteiger partial charge in [-0.3, -0.25) is 0 Å². The first-order valence-corrected chi connectivity index (χ1v) is 6.93. The molecule has 2 atom stereocenters. The van der Waals surface area contributed by atoms with Gasteiger partial charge in [-0.15, -0.1) is 0 Å². The number of hydrogen-bond acceptors (Lipinski definition) is 1. The van der Waals surface area contributed by atoms with Crippen LogP contribution in [-0.2, 0) is 0 Å². The van der Waals surface area contributed by atoms with Gasteiger partial charge in [-0.25, -0.2) is 4.99 Å². The van der Waals surface area contributed by atoms with Gasteiger partial charge in [-0.1, -0.05) is 19.3 Å². The summed E-state index contributed by atoms with van der Waals surface area (Å²) in [5, 5.41) is 0. The molecular weight excluding hydrogens is 198 g/mol. The first kappa shape index (κ1) is 10.4. The van der Waals surface area contributed by atoms with Crippen LogP contribution in [0.2, 0.25) is 0 Å². The second-order valence-electron chi connectivity index (χ2n) is 5.76. The van der Waals surface area contributed by atoms with E-state index in [0.717, 1.165) is 17.9 Å². The van der Waals surface area contributed by atoms with Crippen molar-refractivity contribution in [2.75, 3.05) is 6.54 Å². The number of hydrogen-bond donors (Lipinski definition) is 1. The van der Waals surface area contributed by atoms with Crippen molar-refractivity contribution in [1.29, 1.82) is 0 Å². The topological polar surface area (TPSA) is 41.6 Å². The Morgan fingerprint density at radius 3 is 2.50 bits per heavy atom. The third-order valence-electron chi connectivity index (χ3n) is 4.59. The van der Waals surface area contributed by atoms with E-state index < -0.39 is 0 Å². The normalized spacial score (nSPS) is 36.0. The zero-order valence-electron chi connectivity index (χ0n) is 10.1. The predicted molar refractivity (Wildman–Crippen MR) is 66.3 cm³/mol. The van der Waals surface area contributed by atoms with Crippen LogP contribution in [0.3, 0.4) is 0 Å². The Morgan fingerprint density at radius 1 is 1.06 bits per heavy atom. The minimum absolute atomic E-state index is 0.521. The monoisotopic (exact) mass is 221 g/mol. The second-order valence-corrected chi connectivity index (χ2v) is 5.76. The number of likely N-dealkylation sites (tertiary alicyclic amines) is 1. The van der Waals surface area contributed by atoms with Crippen LogP contribution in [0.15, 0.2) is 4.99 Å². The molecule has 2 unspecified atom stereocenters. The Hall–Kier alpha value is -0.730. The van der Waals surface area contributed by atoms with Crippen molar-refractivity contribution in [1.82, 2.24) is 4.90 Å². The molecule has 2 N–H and O–H groups in total. The predicted octanol–water partition coefficient (Wildman–Crippen LogP) is 2.12. The largest absolute Gasteiger partial charge is 0.370 e. The molecule has 0 amide bonds. The van der Waals surface area contributed by atoms with Crippen LogP contribution < -0.4 is 5.73 Å². The van der Waals surface area contributed by atoms with Gasteiger partial charge in [0, 0.05) is 12.6 Å². The van der Waals surface area contributed by atoms with Gasteiger partial charge >= 0.3 is 0 Å². The molecule has 16 heavy (non-hydrogen) atoms. The molecule has 2 aliphatic carbocycles. The summed E-state index contributed by atoms with van der Waals surface area (Å²) < 4.78 is 0. The van der Waals surface area contributed by atoms with Crippen molar-refractivity contribution in [3.8, 4) is 0 Å². The minimum Gasteiger partial charge on any atom is -0.370 e. The minimum atomic E-state index is 0.521. The quantitative estimate of drug-likeness (QED) is 0.544. The highest BCUT2D eigenvalue weighted by atomic mass is 15.3. The van der Waals surface area contributed by atoms with Gasteiger partial charge in [0.05, 0.1) is 6.04 Å². The number of piperidine rings is 1. The number of fused-ring (bicyclic) bond motifs is 2. The van der Waals surface area contributed by atoms with Crippen molar-refractivity contribution in [3.05, 3.63) is 0 Å². The molecule has 0 aromatic carbocycles. The standard InChI is InChI=1S/C13H23N3/c14-13(15-11-4-2-1-3-5-11)16-9-10-6-7-12(16)8-10/h10-12H,1-9H2,(H2,14,15). The number of rotatable bonds is 1. The summed E-state index contributed by atoms with van der Waals surface area (Å²) in [6.07, 6.45) is 10.7. The summed E-state index contributed by atoms with van der Waals surface area (Å²) in [5.41, 5.74) is 6.17. The van der Waals surface area contributed by atoms with Gasteiger partial charge in [0.2, 0.25) is 0 Å². The molecule has 90 valence electrons. The van der Waals surface area contributed by atoms with Crippen LogP contribution in [0.4, 0.5) is 0 Å². The van der Waals surface area contributed by atoms with E-state index in [1.807, 2.05) is 0 Å². The SMILES string of the molecule is NC(=NC1CCCCC1)N1CC2CCC1C2. The van der Waals surface area contributed by atoms with Crippen LogP contribution in [-0.4, -0.2) is 29.5 Å². The average Bonchev–Trinajstić information content (AvgIpc) is 2.92. The maximum atomic E-state index is 6.17. The highest BCUT2D eigenvalue weighted by molar-refractivity contribution is 5.79. The van der Waals surface area contributed by atoms with E-state index in [4.69, 9.17) is 10.7 Å². The van der Waals surface area contributed by atoms with Gasteiger partial charge in [0.25, 0.3) is 0 Å². The van der Waals surface area contributed by atoms with Gasteiger partial charge in [-0.2, -0.15) is 0 Å². The van der Waals surface area contributed by atoms with Gasteiger partial charge in [-0.05, 0) is 38.0 Å². The molecule has 3 fully saturated rings. The van der Waals surface area contributed by atoms with Crippen molar-refractivity contribution < 1.29 is 0 Å². The highest BCUT2D eigenvalue weighted by Crippen LogP contribution is 2.37. The van der Waals surface area contributed by atoms with Crippen LogP contribution in [0.5, 0.6) is 0 Å². The number of nitrogens with zero attached hydrogens (tertiary/aromatic N) is 2. The van der Waals surface area contributed by atoms with E-state index in [1.54, 1.807) is 0 Å². The first-order chi connectivity index (χ1) is 7.83. The lowest BCUT2D eigenvalue weighted by Crippen LogP contribution is -2.43. The third kappa shape index (κ3) is 1.92. The zero-order chi connectivity index (χ0) is 11.0. The van der Waals surface area contributed by atoms with E-state index in [2.05, 4.69) is 4.90 Å². The molecule has 0 radical (unpaired) electrons. The first-order valence-electron chi connectivity index (χ1n) is 6.93. The van der Waals surface area contributed by atoms with Crippen LogP contribution in [0.1, 0.15) is 51.4 Å². The van der Waals surface area contributed by atoms with Crippen molar-refractivity contribution in [3.63, 3.8) is 0 Å². The maximum Gasteiger partial charge on any atom is 0.191 e. The molecule has 3 heteroatoms. The molecule has 2 bridgehead atoms. The molecule has 1 saturated heterocycles. The van der Waals surface area contributed by atoms with E-state index in [1.165, 1.54) is 57.9 Å². The second kappa shape index (κ2) is 4.27. The Bertz CT molecular complexity index is 281. The lowest BCUT2D eigenvalue weighted by Gasteiger charge is -2.29. The van der Waals surface area contributed by atoms with Crippen LogP contribution in [0.25, 0.3) is 0 Å². The van der Waals surface area contributed by atoms with E-state index >= 15 is 0 Å². The smallest absolute Gasteiger partial charge is 0.191 e. The summed E-state index contributed by atoms with van der Waals surface area (Å²) in [6, 6.07) is 1.24. The van der Waals surface area contributed by atoms with Gasteiger partial charge in [0.15, 0.2) is 5.96 Å². The molecule has 3 aliphatic rings. The van der Waals surface area contributed by atoms with Gasteiger partial charge in [0.1, 0.15) is 0 Å². The summed E-state index contributed by atoms with van der Waals surface area (Å²) in [6.45, 7) is 1.17. The molecule has 0 aromatic heterocycles. The fourth-order valence-corrected chi connectivity index (χ4v) is 3.68. The van der Waals surface area contributed by atoms with E-state index in [9.17, 15) is 0 Å². The average molecular weight is 221 g/mol. The summed E-state index contributed by atoms with van der Waals surface area (Å²) >= 11 is 0. The third-order valence-corrected chi connectivity index (χ3v) is 4.59. The van der Waals surface area contributed by atoms with E-state index in [-0.39, 0.29) is 0 Å². The number of guanidine groups is 1. The highest BCUT2D eigenvalue weighted by Gasteiger charge is 2.38. The zero-order valence-corrected chi connectivity index (χ0v) is 10.1. The number of nitrogens with two attached hydrogens (primary N) is 1. The molecule has 0 aromatic rings. The van der Waals surface area contributed by atoms with Crippen LogP contribution >= 0.6 is 0 Å². The summed E-state index contributed by atoms with van der Waals surface area (Å²) in [7, 11) is 0. The molecule has 2 saturated carbocycles. The van der Waals surface area contributed by atoms with Crippen molar-refractivity contribution in [2.24, 2.45) is 16.6 Å². The van der Waals surface area contributed by atoms with E-state index in [0.29, 0.717) is 6.04 Å². The van der Waals surface area contributed by atoms with Crippen molar-refractivity contribution >= 4 is 5.96 Å². The molecular formula is C13H23N3. The lowest BCUT2D eigenvalue weighted by atomic mass is 9.96. The Balaban J connectivity index is 1.63. The molecule has 0 spiro atoms. The summed E-state index contributed by atoms with van der Waals surface area (Å²) in [5.74, 6) is 1.75. The molecule has 1 heterocycles. The van der Waals surface area contributed by atoms with Gasteiger partial charge < -0.3 is 10.6 Å². The molecule has 3 nitrogen and oxygen atoms in total. The lowest BCUT2D eigenvalue weighted by molar-refractivity contribution is 0.319. The number of aliphatic imine (C=N–C) groups is 1. The fraction of sp³-hybridized carbons (Fsp3) is 0.923. The molecule has 3 rings (SSSR count). The van der Waals surface area contributed by atoms with Crippen molar-refractivity contribution in [2.45, 2.75) is 63.5 Å². The Morgan fingerprint density at radius 2 is 1.88 bits per heavy atom. The van der Waals surface area contributed by atoms with Crippen LogP contribution in [0, 0.1) is 5.92 Å².